The van der Waals surface area contributed by atoms with Gasteiger partial charge < -0.3 is 0 Å². The normalized spacial score (nSPS) is 12.6. The van der Waals surface area contributed by atoms with Crippen LogP contribution >= 0.6 is 0 Å². The average Bonchev–Trinajstić information content (AvgIpc) is 2.15. The maximum atomic E-state index is 13.1. The average molecular weight is 236 g/mol. The molecule has 1 aromatic rings. The van der Waals surface area contributed by atoms with E-state index in [0.717, 1.165) is 12.1 Å². The van der Waals surface area contributed by atoms with Gasteiger partial charge in [0.1, 0.15) is 0 Å². The van der Waals surface area contributed by atoms with Gasteiger partial charge in [-0.05, 0) is 31.2 Å². The summed E-state index contributed by atoms with van der Waals surface area (Å²) in [4.78, 5) is 0. The lowest BCUT2D eigenvalue weighted by molar-refractivity contribution is -0.137. The van der Waals surface area contributed by atoms with E-state index >= 15 is 0 Å². The standard InChI is InChI=1S/C11H9F5/c1-3-10(12,13)8-4-7(2)5-9(6-8)11(14,15)16/h3-6H,1H2,2H3. The molecule has 0 aliphatic carbocycles. The Bertz CT molecular complexity index is 403. The fourth-order valence-corrected chi connectivity index (χ4v) is 1.26. The lowest BCUT2D eigenvalue weighted by atomic mass is 10.0. The van der Waals surface area contributed by atoms with Gasteiger partial charge in [0, 0.05) is 5.56 Å². The molecule has 0 nitrogen and oxygen atoms in total. The maximum absolute atomic E-state index is 13.1. The van der Waals surface area contributed by atoms with Crippen molar-refractivity contribution in [3.8, 4) is 0 Å². The molecular formula is C11H9F5. The number of rotatable bonds is 2. The molecule has 0 spiro atoms. The van der Waals surface area contributed by atoms with Crippen molar-refractivity contribution in [3.63, 3.8) is 0 Å². The van der Waals surface area contributed by atoms with Crippen molar-refractivity contribution in [1.82, 2.24) is 0 Å². The number of benzene rings is 1. The molecule has 0 amide bonds. The zero-order valence-electron chi connectivity index (χ0n) is 8.41. The molecule has 0 unspecified atom stereocenters. The van der Waals surface area contributed by atoms with Gasteiger partial charge in [0.05, 0.1) is 5.56 Å². The number of aryl methyl sites for hydroxylation is 1. The quantitative estimate of drug-likeness (QED) is 0.530. The largest absolute Gasteiger partial charge is 0.416 e. The number of hydrogen-bond donors (Lipinski definition) is 0. The molecule has 0 aliphatic heterocycles. The molecule has 0 N–H and O–H groups in total. The molecule has 0 heterocycles. The zero-order chi connectivity index (χ0) is 12.6. The summed E-state index contributed by atoms with van der Waals surface area (Å²) in [6, 6.07) is 2.27. The predicted molar refractivity (Wildman–Crippen MR) is 50.3 cm³/mol. The Hall–Kier alpha value is -1.39. The highest BCUT2D eigenvalue weighted by Gasteiger charge is 2.34. The van der Waals surface area contributed by atoms with Crippen LogP contribution in [0.3, 0.4) is 0 Å². The van der Waals surface area contributed by atoms with Crippen LogP contribution in [0, 0.1) is 6.92 Å². The first-order chi connectivity index (χ1) is 7.16. The maximum Gasteiger partial charge on any atom is 0.416 e. The fourth-order valence-electron chi connectivity index (χ4n) is 1.26. The minimum atomic E-state index is -4.63. The van der Waals surface area contributed by atoms with Gasteiger partial charge in [-0.1, -0.05) is 12.1 Å². The van der Waals surface area contributed by atoms with Gasteiger partial charge in [-0.3, -0.25) is 0 Å². The molecule has 1 rings (SSSR count). The van der Waals surface area contributed by atoms with Crippen LogP contribution in [0.25, 0.3) is 0 Å². The van der Waals surface area contributed by atoms with Crippen molar-refractivity contribution >= 4 is 0 Å². The Morgan fingerprint density at radius 2 is 1.50 bits per heavy atom. The summed E-state index contributed by atoms with van der Waals surface area (Å²) in [5.74, 6) is -3.45. The first kappa shape index (κ1) is 12.7. The molecule has 0 radical (unpaired) electrons. The van der Waals surface area contributed by atoms with Gasteiger partial charge in [0.25, 0.3) is 5.92 Å². The molecular weight excluding hydrogens is 227 g/mol. The van der Waals surface area contributed by atoms with Gasteiger partial charge in [0.15, 0.2) is 0 Å². The van der Waals surface area contributed by atoms with Crippen LogP contribution in [0.1, 0.15) is 16.7 Å². The molecule has 0 bridgehead atoms. The van der Waals surface area contributed by atoms with Crippen molar-refractivity contribution < 1.29 is 22.0 Å². The first-order valence-electron chi connectivity index (χ1n) is 4.37. The molecule has 0 atom stereocenters. The monoisotopic (exact) mass is 236 g/mol. The lowest BCUT2D eigenvalue weighted by Crippen LogP contribution is -2.13. The van der Waals surface area contributed by atoms with Gasteiger partial charge in [-0.2, -0.15) is 22.0 Å². The van der Waals surface area contributed by atoms with Crippen LogP contribution < -0.4 is 0 Å². The van der Waals surface area contributed by atoms with Crippen molar-refractivity contribution in [1.29, 1.82) is 0 Å². The molecule has 0 aromatic heterocycles. The first-order valence-corrected chi connectivity index (χ1v) is 4.37. The SMILES string of the molecule is C=CC(F)(F)c1cc(C)cc(C(F)(F)F)c1. The summed E-state index contributed by atoms with van der Waals surface area (Å²) in [5.41, 5.74) is -1.65. The van der Waals surface area contributed by atoms with Crippen molar-refractivity contribution in [2.45, 2.75) is 19.0 Å². The molecule has 0 aliphatic rings. The van der Waals surface area contributed by atoms with E-state index in [1.54, 1.807) is 0 Å². The second kappa shape index (κ2) is 3.88. The Morgan fingerprint density at radius 3 is 1.94 bits per heavy atom. The third kappa shape index (κ3) is 2.59. The highest BCUT2D eigenvalue weighted by molar-refractivity contribution is 5.35. The third-order valence-corrected chi connectivity index (χ3v) is 2.05. The Balaban J connectivity index is 3.34. The van der Waals surface area contributed by atoms with Crippen LogP contribution in [0.15, 0.2) is 30.9 Å². The summed E-state index contributed by atoms with van der Waals surface area (Å²) in [5, 5.41) is 0. The summed E-state index contributed by atoms with van der Waals surface area (Å²) in [7, 11) is 0. The summed E-state index contributed by atoms with van der Waals surface area (Å²) in [6.45, 7) is 4.23. The van der Waals surface area contributed by atoms with E-state index in [-0.39, 0.29) is 5.56 Å². The second-order valence-corrected chi connectivity index (χ2v) is 3.41. The summed E-state index contributed by atoms with van der Waals surface area (Å²) < 4.78 is 63.4. The van der Waals surface area contributed by atoms with Gasteiger partial charge >= 0.3 is 6.18 Å². The summed E-state index contributed by atoms with van der Waals surface area (Å²) in [6.07, 6.45) is -4.31. The van der Waals surface area contributed by atoms with Gasteiger partial charge in [0.2, 0.25) is 0 Å². The van der Waals surface area contributed by atoms with Gasteiger partial charge in [-0.25, -0.2) is 0 Å². The number of allylic oxidation sites excluding steroid dienone is 1. The van der Waals surface area contributed by atoms with Crippen LogP contribution in [-0.2, 0) is 12.1 Å². The smallest absolute Gasteiger partial charge is 0.197 e. The van der Waals surface area contributed by atoms with E-state index in [9.17, 15) is 22.0 Å². The number of hydrogen-bond acceptors (Lipinski definition) is 0. The zero-order valence-corrected chi connectivity index (χ0v) is 8.41. The highest BCUT2D eigenvalue weighted by atomic mass is 19.4. The van der Waals surface area contributed by atoms with E-state index < -0.39 is 23.2 Å². The van der Waals surface area contributed by atoms with E-state index in [1.807, 2.05) is 0 Å². The molecule has 0 saturated heterocycles. The van der Waals surface area contributed by atoms with Gasteiger partial charge in [-0.15, -0.1) is 0 Å². The highest BCUT2D eigenvalue weighted by Crippen LogP contribution is 2.35. The second-order valence-electron chi connectivity index (χ2n) is 3.41. The molecule has 0 saturated carbocycles. The third-order valence-electron chi connectivity index (χ3n) is 2.05. The van der Waals surface area contributed by atoms with Crippen molar-refractivity contribution in [2.24, 2.45) is 0 Å². The minimum Gasteiger partial charge on any atom is -0.197 e. The number of halogens is 5. The van der Waals surface area contributed by atoms with Crippen LogP contribution in [-0.4, -0.2) is 0 Å². The Kier molecular flexibility index (Phi) is 3.08. The Labute approximate surface area is 89.4 Å². The molecule has 1 aromatic carbocycles. The van der Waals surface area contributed by atoms with Crippen LogP contribution in [0.2, 0.25) is 0 Å². The Morgan fingerprint density at radius 1 is 1.00 bits per heavy atom. The minimum absolute atomic E-state index is 0.131. The molecule has 16 heavy (non-hydrogen) atoms. The molecule has 88 valence electrons. The van der Waals surface area contributed by atoms with E-state index in [0.29, 0.717) is 12.1 Å². The van der Waals surface area contributed by atoms with E-state index in [4.69, 9.17) is 0 Å². The van der Waals surface area contributed by atoms with E-state index in [1.165, 1.54) is 6.92 Å². The van der Waals surface area contributed by atoms with Crippen LogP contribution in [0.4, 0.5) is 22.0 Å². The topological polar surface area (TPSA) is 0 Å². The summed E-state index contributed by atoms with van der Waals surface area (Å²) >= 11 is 0. The van der Waals surface area contributed by atoms with E-state index in [2.05, 4.69) is 6.58 Å². The lowest BCUT2D eigenvalue weighted by Gasteiger charge is -2.15. The number of alkyl halides is 5. The fraction of sp³-hybridized carbons (Fsp3) is 0.273. The predicted octanol–water partition coefficient (Wildman–Crippen LogP) is 4.29. The molecule has 5 heteroatoms. The molecule has 0 fully saturated rings. The van der Waals surface area contributed by atoms with Crippen LogP contribution in [0.5, 0.6) is 0 Å². The van der Waals surface area contributed by atoms with Crippen molar-refractivity contribution in [3.05, 3.63) is 47.5 Å². The van der Waals surface area contributed by atoms with Crippen molar-refractivity contribution in [2.75, 3.05) is 0 Å².